The van der Waals surface area contributed by atoms with E-state index >= 15 is 0 Å². The molecule has 0 unspecified atom stereocenters. The van der Waals surface area contributed by atoms with Gasteiger partial charge in [0.1, 0.15) is 6.61 Å². The van der Waals surface area contributed by atoms with E-state index in [1.54, 1.807) is 4.90 Å². The lowest BCUT2D eigenvalue weighted by atomic mass is 9.91. The first-order valence-corrected chi connectivity index (χ1v) is 6.16. The van der Waals surface area contributed by atoms with Crippen molar-refractivity contribution >= 4 is 0 Å². The van der Waals surface area contributed by atoms with Crippen LogP contribution >= 0.6 is 0 Å². The third-order valence-corrected chi connectivity index (χ3v) is 3.35. The molecule has 0 spiro atoms. The van der Waals surface area contributed by atoms with Gasteiger partial charge in [0, 0.05) is 20.2 Å². The molecule has 0 saturated carbocycles. The van der Waals surface area contributed by atoms with Gasteiger partial charge in [-0.05, 0) is 12.8 Å². The molecule has 114 valence electrons. The lowest BCUT2D eigenvalue weighted by Crippen LogP contribution is -2.53. The zero-order chi connectivity index (χ0) is 14.8. The maximum Gasteiger partial charge on any atom is 0.417 e. The Morgan fingerprint density at radius 2 is 2.05 bits per heavy atom. The van der Waals surface area contributed by atoms with Gasteiger partial charge in [0.15, 0.2) is 11.4 Å². The predicted molar refractivity (Wildman–Crippen MR) is 60.5 cm³/mol. The van der Waals surface area contributed by atoms with Gasteiger partial charge in [0.2, 0.25) is 0 Å². The number of alkyl halides is 3. The van der Waals surface area contributed by atoms with Crippen LogP contribution in [0.2, 0.25) is 0 Å². The highest BCUT2D eigenvalue weighted by atomic mass is 19.4. The average molecular weight is 295 g/mol. The molecule has 0 bridgehead atoms. The van der Waals surface area contributed by atoms with Crippen LogP contribution in [-0.2, 0) is 17.9 Å². The summed E-state index contributed by atoms with van der Waals surface area (Å²) in [7, 11) is 1.49. The minimum Gasteiger partial charge on any atom is -0.380 e. The second-order valence-electron chi connectivity index (χ2n) is 4.84. The van der Waals surface area contributed by atoms with Crippen LogP contribution in [0.5, 0.6) is 0 Å². The van der Waals surface area contributed by atoms with Crippen molar-refractivity contribution in [2.45, 2.75) is 37.8 Å². The Kier molecular flexibility index (Phi) is 4.31. The van der Waals surface area contributed by atoms with E-state index in [1.165, 1.54) is 7.11 Å². The van der Waals surface area contributed by atoms with Crippen LogP contribution in [-0.4, -0.2) is 52.1 Å². The molecule has 1 aromatic rings. The molecule has 0 radical (unpaired) electrons. The summed E-state index contributed by atoms with van der Waals surface area (Å²) in [4.78, 5) is 5.80. The molecule has 9 heteroatoms. The first kappa shape index (κ1) is 15.2. The third kappa shape index (κ3) is 3.28. The Morgan fingerprint density at radius 3 is 2.60 bits per heavy atom. The van der Waals surface area contributed by atoms with E-state index in [4.69, 9.17) is 9.26 Å². The smallest absolute Gasteiger partial charge is 0.380 e. The van der Waals surface area contributed by atoms with Crippen LogP contribution < -0.4 is 0 Å². The quantitative estimate of drug-likeness (QED) is 0.897. The average Bonchev–Trinajstić information content (AvgIpc) is 2.79. The number of ether oxygens (including phenoxy) is 1. The van der Waals surface area contributed by atoms with Crippen molar-refractivity contribution in [1.29, 1.82) is 0 Å². The number of hydrogen-bond donors (Lipinski definition) is 1. The lowest BCUT2D eigenvalue weighted by Gasteiger charge is -2.38. The highest BCUT2D eigenvalue weighted by Gasteiger charge is 2.54. The number of likely N-dealkylation sites (tertiary alicyclic amines) is 1. The fourth-order valence-electron chi connectivity index (χ4n) is 2.10. The largest absolute Gasteiger partial charge is 0.417 e. The molecule has 1 N–H and O–H groups in total. The van der Waals surface area contributed by atoms with Crippen LogP contribution in [0.4, 0.5) is 13.2 Å². The van der Waals surface area contributed by atoms with Gasteiger partial charge < -0.3 is 14.4 Å². The van der Waals surface area contributed by atoms with Gasteiger partial charge in [-0.15, -0.1) is 0 Å². The maximum atomic E-state index is 12.6. The van der Waals surface area contributed by atoms with E-state index < -0.39 is 11.8 Å². The van der Waals surface area contributed by atoms with E-state index in [1.807, 2.05) is 0 Å². The number of methoxy groups -OCH3 is 1. The monoisotopic (exact) mass is 295 g/mol. The predicted octanol–water partition coefficient (Wildman–Crippen LogP) is 1.11. The second kappa shape index (κ2) is 5.66. The number of nitrogens with zero attached hydrogens (tertiary/aromatic N) is 3. The summed E-state index contributed by atoms with van der Waals surface area (Å²) >= 11 is 0. The number of aromatic nitrogens is 2. The zero-order valence-corrected chi connectivity index (χ0v) is 11.0. The van der Waals surface area contributed by atoms with Gasteiger partial charge >= 0.3 is 6.18 Å². The number of piperidine rings is 1. The molecule has 1 fully saturated rings. The van der Waals surface area contributed by atoms with Crippen molar-refractivity contribution in [3.63, 3.8) is 0 Å². The molecule has 1 aromatic heterocycles. The minimum atomic E-state index is -4.59. The van der Waals surface area contributed by atoms with Crippen LogP contribution in [0.15, 0.2) is 4.52 Å². The minimum absolute atomic E-state index is 0.129. The summed E-state index contributed by atoms with van der Waals surface area (Å²) in [6, 6.07) is 0. The first-order valence-electron chi connectivity index (χ1n) is 6.16. The molecule has 2 heterocycles. The summed E-state index contributed by atoms with van der Waals surface area (Å²) in [5.41, 5.74) is -2.58. The Balaban J connectivity index is 1.88. The van der Waals surface area contributed by atoms with E-state index in [2.05, 4.69) is 10.1 Å². The molecule has 0 atom stereocenters. The van der Waals surface area contributed by atoms with Crippen molar-refractivity contribution in [3.8, 4) is 0 Å². The summed E-state index contributed by atoms with van der Waals surface area (Å²) in [6.45, 7) is 0.746. The molecule has 6 nitrogen and oxygen atoms in total. The summed E-state index contributed by atoms with van der Waals surface area (Å²) in [6.07, 6.45) is -5.28. The van der Waals surface area contributed by atoms with Gasteiger partial charge in [-0.25, -0.2) is 0 Å². The molecular formula is C11H16F3N3O3. The molecule has 1 aliphatic heterocycles. The normalized spacial score (nSPS) is 20.2. The van der Waals surface area contributed by atoms with Crippen LogP contribution in [0.1, 0.15) is 24.6 Å². The van der Waals surface area contributed by atoms with E-state index in [-0.39, 0.29) is 32.5 Å². The highest BCUT2D eigenvalue weighted by molar-refractivity contribution is 4.93. The van der Waals surface area contributed by atoms with Crippen molar-refractivity contribution in [2.75, 3.05) is 20.2 Å². The molecule has 1 aliphatic rings. The van der Waals surface area contributed by atoms with Crippen LogP contribution in [0.3, 0.4) is 0 Å². The third-order valence-electron chi connectivity index (χ3n) is 3.35. The number of hydrogen-bond acceptors (Lipinski definition) is 6. The first-order chi connectivity index (χ1) is 9.34. The van der Waals surface area contributed by atoms with E-state index in [0.717, 1.165) is 0 Å². The van der Waals surface area contributed by atoms with Crippen molar-refractivity contribution in [2.24, 2.45) is 0 Å². The van der Waals surface area contributed by atoms with Crippen molar-refractivity contribution in [3.05, 3.63) is 11.7 Å². The molecule has 20 heavy (non-hydrogen) atoms. The number of halogens is 3. The number of rotatable bonds is 4. The Labute approximate surface area is 113 Å². The van der Waals surface area contributed by atoms with Gasteiger partial charge in [0.05, 0.1) is 6.54 Å². The number of aliphatic hydroxyl groups is 1. The Bertz CT molecular complexity index is 442. The molecule has 0 aromatic carbocycles. The maximum absolute atomic E-state index is 12.6. The van der Waals surface area contributed by atoms with Crippen LogP contribution in [0.25, 0.3) is 0 Å². The molecule has 1 saturated heterocycles. The van der Waals surface area contributed by atoms with Gasteiger partial charge in [0.25, 0.3) is 5.89 Å². The second-order valence-corrected chi connectivity index (χ2v) is 4.84. The topological polar surface area (TPSA) is 71.6 Å². The zero-order valence-electron chi connectivity index (χ0n) is 11.0. The standard InChI is InChI=1S/C11H16F3N3O3/c1-19-7-9-15-8(16-20-9)6-17-4-2-10(18,3-5-17)11(12,13)14/h18H,2-7H2,1H3. The summed E-state index contributed by atoms with van der Waals surface area (Å²) < 4.78 is 47.7. The van der Waals surface area contributed by atoms with Crippen LogP contribution in [0, 0.1) is 0 Å². The summed E-state index contributed by atoms with van der Waals surface area (Å²) in [5.74, 6) is 0.723. The van der Waals surface area contributed by atoms with Crippen molar-refractivity contribution < 1.29 is 27.5 Å². The fourth-order valence-corrected chi connectivity index (χ4v) is 2.10. The van der Waals surface area contributed by atoms with E-state index in [0.29, 0.717) is 18.3 Å². The van der Waals surface area contributed by atoms with Gasteiger partial charge in [-0.3, -0.25) is 4.90 Å². The van der Waals surface area contributed by atoms with Gasteiger partial charge in [-0.1, -0.05) is 5.16 Å². The highest BCUT2D eigenvalue weighted by Crippen LogP contribution is 2.38. The molecule has 2 rings (SSSR count). The van der Waals surface area contributed by atoms with E-state index in [9.17, 15) is 18.3 Å². The van der Waals surface area contributed by atoms with Gasteiger partial charge in [-0.2, -0.15) is 18.2 Å². The lowest BCUT2D eigenvalue weighted by molar-refractivity contribution is -0.272. The fraction of sp³-hybridized carbons (Fsp3) is 0.818. The molecule has 0 aliphatic carbocycles. The Morgan fingerprint density at radius 1 is 1.40 bits per heavy atom. The molecule has 0 amide bonds. The SMILES string of the molecule is COCc1nc(CN2CCC(O)(C(F)(F)F)CC2)no1. The van der Waals surface area contributed by atoms with Crippen molar-refractivity contribution in [1.82, 2.24) is 15.0 Å². The Hall–Kier alpha value is -1.19. The molecular weight excluding hydrogens is 279 g/mol. The summed E-state index contributed by atoms with van der Waals surface area (Å²) in [5, 5.41) is 13.3.